The lowest BCUT2D eigenvalue weighted by atomic mass is 10.4. The number of rotatable bonds is 9. The first-order chi connectivity index (χ1) is 7.53. The van der Waals surface area contributed by atoms with Crippen molar-refractivity contribution in [1.82, 2.24) is 0 Å². The van der Waals surface area contributed by atoms with Gasteiger partial charge in [-0.2, -0.15) is 0 Å². The van der Waals surface area contributed by atoms with Crippen molar-refractivity contribution in [2.45, 2.75) is 26.6 Å². The molecule has 0 spiro atoms. The van der Waals surface area contributed by atoms with Crippen LogP contribution in [0, 0.1) is 0 Å². The molecule has 0 saturated carbocycles. The molecule has 0 aliphatic rings. The van der Waals surface area contributed by atoms with E-state index in [1.54, 1.807) is 0 Å². The van der Waals surface area contributed by atoms with Crippen LogP contribution >= 0.6 is 0 Å². The highest BCUT2D eigenvalue weighted by Crippen LogP contribution is 2.14. The minimum Gasteiger partial charge on any atom is -0.355 e. The van der Waals surface area contributed by atoms with Crippen LogP contribution in [0.1, 0.15) is 20.3 Å². The first kappa shape index (κ1) is 15.8. The molecule has 0 aromatic rings. The van der Waals surface area contributed by atoms with Gasteiger partial charge in [-0.25, -0.2) is 0 Å². The molecule has 0 aliphatic heterocycles. The predicted octanol–water partition coefficient (Wildman–Crippen LogP) is 1.71. The van der Waals surface area contributed by atoms with E-state index in [-0.39, 0.29) is 0 Å². The van der Waals surface area contributed by atoms with Crippen molar-refractivity contribution >= 4 is 9.05 Å². The number of ether oxygens (including phenoxy) is 1. The minimum absolute atomic E-state index is 0.414. The van der Waals surface area contributed by atoms with E-state index in [0.29, 0.717) is 13.0 Å². The van der Waals surface area contributed by atoms with Gasteiger partial charge in [-0.3, -0.25) is 0 Å². The maximum Gasteiger partial charge on any atom is 0.680 e. The Hall–Kier alpha value is -0.243. The third-order valence-corrected chi connectivity index (χ3v) is 3.93. The van der Waals surface area contributed by atoms with E-state index in [1.165, 1.54) is 21.3 Å². The average molecular weight is 250 g/mol. The molecule has 0 bridgehead atoms. The Kier molecular flexibility index (Phi) is 7.82. The highest BCUT2D eigenvalue weighted by atomic mass is 28.4. The predicted molar refractivity (Wildman–Crippen MR) is 62.7 cm³/mol. The Morgan fingerprint density at radius 2 is 1.69 bits per heavy atom. The van der Waals surface area contributed by atoms with Gasteiger partial charge >= 0.3 is 9.05 Å². The van der Waals surface area contributed by atoms with Gasteiger partial charge in [-0.15, -0.1) is 0 Å². The lowest BCUT2D eigenvalue weighted by Crippen LogP contribution is -2.49. The van der Waals surface area contributed by atoms with Crippen LogP contribution < -0.4 is 0 Å². The van der Waals surface area contributed by atoms with E-state index in [4.69, 9.17) is 22.4 Å². The Labute approximate surface area is 98.8 Å². The Morgan fingerprint density at radius 1 is 1.19 bits per heavy atom. The van der Waals surface area contributed by atoms with Crippen LogP contribution in [0.2, 0.25) is 0 Å². The standard InChI is InChI=1S/C10H22O5Si/c1-7-10(14-8-9(2)3)15-16(11-4,12-5)13-6/h10H,2,7-8H2,1,3-6H3. The van der Waals surface area contributed by atoms with Crippen LogP contribution in [0.25, 0.3) is 0 Å². The molecule has 0 aromatic carbocycles. The normalized spacial score (nSPS) is 13.8. The highest BCUT2D eigenvalue weighted by Gasteiger charge is 2.44. The molecule has 0 radical (unpaired) electrons. The van der Waals surface area contributed by atoms with Crippen molar-refractivity contribution in [2.75, 3.05) is 27.9 Å². The molecule has 5 nitrogen and oxygen atoms in total. The second-order valence-corrected chi connectivity index (χ2v) is 5.80. The summed E-state index contributed by atoms with van der Waals surface area (Å²) in [4.78, 5) is 0. The molecule has 0 aromatic heterocycles. The van der Waals surface area contributed by atoms with Crippen molar-refractivity contribution < 1.29 is 22.4 Å². The van der Waals surface area contributed by atoms with Gasteiger partial charge in [0.1, 0.15) is 0 Å². The maximum absolute atomic E-state index is 5.59. The molecule has 1 unspecified atom stereocenters. The first-order valence-electron chi connectivity index (χ1n) is 5.12. The van der Waals surface area contributed by atoms with Crippen molar-refractivity contribution in [3.8, 4) is 0 Å². The third-order valence-electron chi connectivity index (χ3n) is 1.87. The Balaban J connectivity index is 4.31. The first-order valence-corrected chi connectivity index (χ1v) is 6.76. The molecule has 0 amide bonds. The van der Waals surface area contributed by atoms with Crippen LogP contribution in [0.5, 0.6) is 0 Å². The summed E-state index contributed by atoms with van der Waals surface area (Å²) in [6.45, 7) is 8.04. The van der Waals surface area contributed by atoms with Gasteiger partial charge in [0, 0.05) is 21.3 Å². The monoisotopic (exact) mass is 250 g/mol. The molecule has 0 N–H and O–H groups in total. The smallest absolute Gasteiger partial charge is 0.355 e. The van der Waals surface area contributed by atoms with Gasteiger partial charge < -0.3 is 22.4 Å². The number of hydrogen-bond donors (Lipinski definition) is 0. The second-order valence-electron chi connectivity index (χ2n) is 3.34. The molecule has 1 atom stereocenters. The molecular formula is C10H22O5Si. The van der Waals surface area contributed by atoms with Crippen LogP contribution in [-0.4, -0.2) is 43.3 Å². The minimum atomic E-state index is -3.03. The summed E-state index contributed by atoms with van der Waals surface area (Å²) in [5.74, 6) is 0. The molecule has 16 heavy (non-hydrogen) atoms. The van der Waals surface area contributed by atoms with E-state index in [1.807, 2.05) is 13.8 Å². The Morgan fingerprint density at radius 3 is 2.00 bits per heavy atom. The largest absolute Gasteiger partial charge is 0.680 e. The average Bonchev–Trinajstić information content (AvgIpc) is 2.30. The lowest BCUT2D eigenvalue weighted by Gasteiger charge is -2.27. The van der Waals surface area contributed by atoms with E-state index in [2.05, 4.69) is 6.58 Å². The van der Waals surface area contributed by atoms with Gasteiger partial charge in [-0.05, 0) is 13.3 Å². The summed E-state index contributed by atoms with van der Waals surface area (Å²) < 4.78 is 26.5. The quantitative estimate of drug-likeness (QED) is 0.354. The van der Waals surface area contributed by atoms with Crippen molar-refractivity contribution in [3.63, 3.8) is 0 Å². The summed E-state index contributed by atoms with van der Waals surface area (Å²) in [7, 11) is 1.44. The van der Waals surface area contributed by atoms with Crippen LogP contribution in [0.3, 0.4) is 0 Å². The molecule has 0 heterocycles. The van der Waals surface area contributed by atoms with Crippen molar-refractivity contribution in [3.05, 3.63) is 12.2 Å². The van der Waals surface area contributed by atoms with Crippen molar-refractivity contribution in [2.24, 2.45) is 0 Å². The summed E-state index contributed by atoms with van der Waals surface area (Å²) in [6, 6.07) is 0. The zero-order chi connectivity index (χ0) is 12.6. The third kappa shape index (κ3) is 5.20. The SMILES string of the molecule is C=C(C)COC(CC)O[Si](OC)(OC)OC. The van der Waals surface area contributed by atoms with Gasteiger partial charge in [0.15, 0.2) is 6.29 Å². The summed E-state index contributed by atoms with van der Waals surface area (Å²) >= 11 is 0. The summed E-state index contributed by atoms with van der Waals surface area (Å²) in [5.41, 5.74) is 0.932. The maximum atomic E-state index is 5.59. The van der Waals surface area contributed by atoms with Crippen LogP contribution in [0.4, 0.5) is 0 Å². The van der Waals surface area contributed by atoms with Crippen LogP contribution in [-0.2, 0) is 22.4 Å². The molecule has 0 saturated heterocycles. The fraction of sp³-hybridized carbons (Fsp3) is 0.800. The molecule has 0 rings (SSSR count). The van der Waals surface area contributed by atoms with E-state index >= 15 is 0 Å². The molecule has 6 heteroatoms. The second kappa shape index (κ2) is 7.94. The van der Waals surface area contributed by atoms with Gasteiger partial charge in [-0.1, -0.05) is 19.1 Å². The molecule has 0 fully saturated rings. The molecule has 96 valence electrons. The van der Waals surface area contributed by atoms with Crippen LogP contribution in [0.15, 0.2) is 12.2 Å². The number of hydrogen-bond acceptors (Lipinski definition) is 5. The Bertz CT molecular complexity index is 197. The summed E-state index contributed by atoms with van der Waals surface area (Å²) in [6.07, 6.45) is 0.265. The summed E-state index contributed by atoms with van der Waals surface area (Å²) in [5, 5.41) is 0. The molecular weight excluding hydrogens is 228 g/mol. The topological polar surface area (TPSA) is 46.2 Å². The fourth-order valence-corrected chi connectivity index (χ4v) is 2.37. The zero-order valence-corrected chi connectivity index (χ0v) is 11.7. The van der Waals surface area contributed by atoms with Gasteiger partial charge in [0.2, 0.25) is 0 Å². The van der Waals surface area contributed by atoms with Gasteiger partial charge in [0.05, 0.1) is 6.61 Å². The fourth-order valence-electron chi connectivity index (χ4n) is 1.03. The highest BCUT2D eigenvalue weighted by molar-refractivity contribution is 6.53. The van der Waals surface area contributed by atoms with E-state index in [9.17, 15) is 0 Å². The van der Waals surface area contributed by atoms with E-state index < -0.39 is 15.3 Å². The lowest BCUT2D eigenvalue weighted by molar-refractivity contribution is -0.135. The van der Waals surface area contributed by atoms with Crippen molar-refractivity contribution in [1.29, 1.82) is 0 Å². The van der Waals surface area contributed by atoms with E-state index in [0.717, 1.165) is 5.57 Å². The van der Waals surface area contributed by atoms with Gasteiger partial charge in [0.25, 0.3) is 0 Å². The zero-order valence-electron chi connectivity index (χ0n) is 10.7. The molecule has 0 aliphatic carbocycles.